The van der Waals surface area contributed by atoms with Gasteiger partial charge in [0.05, 0.1) is 12.2 Å². The van der Waals surface area contributed by atoms with E-state index >= 15 is 0 Å². The van der Waals surface area contributed by atoms with Crippen LogP contribution in [0.5, 0.6) is 0 Å². The first kappa shape index (κ1) is 12.0. The van der Waals surface area contributed by atoms with Crippen molar-refractivity contribution in [2.24, 2.45) is 17.3 Å². The maximum Gasteiger partial charge on any atom is 0.166 e. The van der Waals surface area contributed by atoms with Gasteiger partial charge in [0.25, 0.3) is 0 Å². The molecule has 2 saturated heterocycles. The maximum absolute atomic E-state index is 6.38. The van der Waals surface area contributed by atoms with Crippen molar-refractivity contribution in [1.82, 2.24) is 0 Å². The van der Waals surface area contributed by atoms with Crippen molar-refractivity contribution in [3.8, 4) is 0 Å². The SMILES string of the molecule is CC12CC[C@@]3(C[C@H](C(C)(C)C)CCC3CO1)O2. The van der Waals surface area contributed by atoms with E-state index in [0.29, 0.717) is 11.3 Å². The molecular weight excluding hydrogens is 212 g/mol. The molecule has 0 N–H and O–H groups in total. The first-order chi connectivity index (χ1) is 7.83. The van der Waals surface area contributed by atoms with Crippen molar-refractivity contribution in [1.29, 1.82) is 0 Å². The second kappa shape index (κ2) is 3.48. The molecule has 3 aliphatic rings. The molecule has 98 valence electrons. The molecule has 2 unspecified atom stereocenters. The molecule has 2 heteroatoms. The quantitative estimate of drug-likeness (QED) is 0.640. The predicted molar refractivity (Wildman–Crippen MR) is 67.7 cm³/mol. The molecule has 1 spiro atoms. The highest BCUT2D eigenvalue weighted by Gasteiger charge is 2.58. The Balaban J connectivity index is 1.83. The molecule has 2 bridgehead atoms. The summed E-state index contributed by atoms with van der Waals surface area (Å²) in [6, 6.07) is 0. The Kier molecular flexibility index (Phi) is 2.45. The molecule has 0 aromatic heterocycles. The fraction of sp³-hybridized carbons (Fsp3) is 1.00. The molecule has 1 aliphatic carbocycles. The van der Waals surface area contributed by atoms with Crippen LogP contribution in [-0.2, 0) is 9.47 Å². The third-order valence-electron chi connectivity index (χ3n) is 5.44. The summed E-state index contributed by atoms with van der Waals surface area (Å²) in [5.74, 6) is 1.19. The fourth-order valence-corrected chi connectivity index (χ4v) is 4.11. The van der Waals surface area contributed by atoms with Crippen molar-refractivity contribution in [3.05, 3.63) is 0 Å². The summed E-state index contributed by atoms with van der Waals surface area (Å²) in [5, 5.41) is 0. The summed E-state index contributed by atoms with van der Waals surface area (Å²) in [6.07, 6.45) is 6.18. The molecule has 4 atom stereocenters. The number of hydrogen-bond acceptors (Lipinski definition) is 2. The normalized spacial score (nSPS) is 50.1. The second-order valence-corrected chi connectivity index (χ2v) is 7.65. The van der Waals surface area contributed by atoms with Gasteiger partial charge >= 0.3 is 0 Å². The summed E-state index contributed by atoms with van der Waals surface area (Å²) < 4.78 is 12.3. The Hall–Kier alpha value is -0.0800. The van der Waals surface area contributed by atoms with Gasteiger partial charge in [-0.25, -0.2) is 0 Å². The van der Waals surface area contributed by atoms with E-state index in [0.717, 1.165) is 18.9 Å². The molecular formula is C15H26O2. The van der Waals surface area contributed by atoms with Crippen LogP contribution in [-0.4, -0.2) is 18.0 Å². The first-order valence-electron chi connectivity index (χ1n) is 7.17. The van der Waals surface area contributed by atoms with E-state index in [-0.39, 0.29) is 11.4 Å². The average Bonchev–Trinajstić information content (AvgIpc) is 2.48. The van der Waals surface area contributed by atoms with Crippen LogP contribution in [0.15, 0.2) is 0 Å². The zero-order valence-corrected chi connectivity index (χ0v) is 11.7. The smallest absolute Gasteiger partial charge is 0.166 e. The Morgan fingerprint density at radius 1 is 1.12 bits per heavy atom. The first-order valence-corrected chi connectivity index (χ1v) is 7.17. The molecule has 2 aliphatic heterocycles. The molecule has 0 amide bonds. The lowest BCUT2D eigenvalue weighted by molar-refractivity contribution is -0.313. The second-order valence-electron chi connectivity index (χ2n) is 7.65. The van der Waals surface area contributed by atoms with Crippen LogP contribution in [0.1, 0.15) is 59.8 Å². The van der Waals surface area contributed by atoms with Crippen molar-refractivity contribution in [2.45, 2.75) is 71.2 Å². The molecule has 0 aromatic rings. The van der Waals surface area contributed by atoms with Crippen molar-refractivity contribution >= 4 is 0 Å². The van der Waals surface area contributed by atoms with Gasteiger partial charge < -0.3 is 9.47 Å². The summed E-state index contributed by atoms with van der Waals surface area (Å²) >= 11 is 0. The summed E-state index contributed by atoms with van der Waals surface area (Å²) in [4.78, 5) is 0. The lowest BCUT2D eigenvalue weighted by atomic mass is 9.63. The van der Waals surface area contributed by atoms with Crippen molar-refractivity contribution in [2.75, 3.05) is 6.61 Å². The highest BCUT2D eigenvalue weighted by Crippen LogP contribution is 2.56. The van der Waals surface area contributed by atoms with Gasteiger partial charge in [-0.05, 0) is 43.9 Å². The maximum atomic E-state index is 6.38. The van der Waals surface area contributed by atoms with Crippen LogP contribution < -0.4 is 0 Å². The molecule has 0 aromatic carbocycles. The van der Waals surface area contributed by atoms with Crippen LogP contribution in [0, 0.1) is 17.3 Å². The zero-order valence-electron chi connectivity index (χ0n) is 11.7. The van der Waals surface area contributed by atoms with Gasteiger partial charge in [-0.3, -0.25) is 0 Å². The van der Waals surface area contributed by atoms with Gasteiger partial charge in [-0.2, -0.15) is 0 Å². The van der Waals surface area contributed by atoms with Crippen LogP contribution in [0.25, 0.3) is 0 Å². The third-order valence-corrected chi connectivity index (χ3v) is 5.44. The summed E-state index contributed by atoms with van der Waals surface area (Å²) in [5.41, 5.74) is 0.573. The minimum atomic E-state index is -0.268. The fourth-order valence-electron chi connectivity index (χ4n) is 4.11. The monoisotopic (exact) mass is 238 g/mol. The van der Waals surface area contributed by atoms with Crippen LogP contribution in [0.3, 0.4) is 0 Å². The molecule has 17 heavy (non-hydrogen) atoms. The van der Waals surface area contributed by atoms with Crippen LogP contribution >= 0.6 is 0 Å². The Bertz CT molecular complexity index is 319. The number of hydrogen-bond donors (Lipinski definition) is 0. The summed E-state index contributed by atoms with van der Waals surface area (Å²) in [6.45, 7) is 10.2. The summed E-state index contributed by atoms with van der Waals surface area (Å²) in [7, 11) is 0. The topological polar surface area (TPSA) is 18.5 Å². The third kappa shape index (κ3) is 1.84. The number of fused-ring (bicyclic) bond motifs is 1. The Morgan fingerprint density at radius 3 is 2.59 bits per heavy atom. The van der Waals surface area contributed by atoms with E-state index in [2.05, 4.69) is 27.7 Å². The standard InChI is InChI=1S/C15H26O2/c1-13(2,3)11-5-6-12-10-16-14(4)7-8-15(12,9-11)17-14/h11-12H,5-10H2,1-4H3/t11-,12?,14?,15+/m1/s1. The number of ether oxygens (including phenoxy) is 2. The Labute approximate surface area is 105 Å². The van der Waals surface area contributed by atoms with Gasteiger partial charge in [0.15, 0.2) is 5.79 Å². The number of rotatable bonds is 0. The molecule has 2 heterocycles. The van der Waals surface area contributed by atoms with E-state index in [1.54, 1.807) is 0 Å². The van der Waals surface area contributed by atoms with Gasteiger partial charge in [-0.1, -0.05) is 20.8 Å². The van der Waals surface area contributed by atoms with Crippen LogP contribution in [0.4, 0.5) is 0 Å². The average molecular weight is 238 g/mol. The lowest BCUT2D eigenvalue weighted by Crippen LogP contribution is -2.53. The van der Waals surface area contributed by atoms with E-state index in [9.17, 15) is 0 Å². The highest BCUT2D eigenvalue weighted by atomic mass is 16.7. The molecule has 3 rings (SSSR count). The van der Waals surface area contributed by atoms with Crippen LogP contribution in [0.2, 0.25) is 0 Å². The minimum Gasteiger partial charge on any atom is -0.350 e. The predicted octanol–water partition coefficient (Wildman–Crippen LogP) is 3.74. The lowest BCUT2D eigenvalue weighted by Gasteiger charge is -2.51. The minimum absolute atomic E-state index is 0.156. The molecule has 0 radical (unpaired) electrons. The van der Waals surface area contributed by atoms with Crippen molar-refractivity contribution in [3.63, 3.8) is 0 Å². The van der Waals surface area contributed by atoms with E-state index in [4.69, 9.17) is 9.47 Å². The molecule has 3 fully saturated rings. The molecule has 1 saturated carbocycles. The van der Waals surface area contributed by atoms with Gasteiger partial charge in [0, 0.05) is 12.3 Å². The van der Waals surface area contributed by atoms with E-state index in [1.165, 1.54) is 25.7 Å². The van der Waals surface area contributed by atoms with Gasteiger partial charge in [0.2, 0.25) is 0 Å². The van der Waals surface area contributed by atoms with E-state index in [1.807, 2.05) is 0 Å². The van der Waals surface area contributed by atoms with Crippen molar-refractivity contribution < 1.29 is 9.47 Å². The van der Waals surface area contributed by atoms with Gasteiger partial charge in [0.1, 0.15) is 0 Å². The highest BCUT2D eigenvalue weighted by molar-refractivity contribution is 5.04. The Morgan fingerprint density at radius 2 is 1.88 bits per heavy atom. The molecule has 2 nitrogen and oxygen atoms in total. The zero-order chi connectivity index (χ0) is 12.3. The van der Waals surface area contributed by atoms with Gasteiger partial charge in [-0.15, -0.1) is 0 Å². The largest absolute Gasteiger partial charge is 0.350 e. The van der Waals surface area contributed by atoms with E-state index < -0.39 is 0 Å².